The maximum Gasteiger partial charge on any atom is 0.256 e. The third kappa shape index (κ3) is 2.21. The predicted octanol–water partition coefficient (Wildman–Crippen LogP) is 4.53. The summed E-state index contributed by atoms with van der Waals surface area (Å²) in [6.45, 7) is 0.577. The number of rotatable bonds is 1. The van der Waals surface area contributed by atoms with Crippen LogP contribution in [0.5, 0.6) is 0 Å². The van der Waals surface area contributed by atoms with Crippen molar-refractivity contribution < 1.29 is 4.79 Å². The van der Waals surface area contributed by atoms with Crippen molar-refractivity contribution in [1.82, 2.24) is 9.88 Å². The van der Waals surface area contributed by atoms with Gasteiger partial charge < -0.3 is 9.88 Å². The Kier molecular flexibility index (Phi) is 3.54. The molecule has 5 rings (SSSR count). The Hall–Kier alpha value is -2.08. The number of aromatic amines is 1. The molecule has 0 unspecified atom stereocenters. The highest BCUT2D eigenvalue weighted by Gasteiger charge is 2.46. The van der Waals surface area contributed by atoms with Gasteiger partial charge in [0.1, 0.15) is 6.04 Å². The molecule has 2 aliphatic rings. The lowest BCUT2D eigenvalue weighted by Gasteiger charge is -2.28. The minimum absolute atomic E-state index is 0.0601. The van der Waals surface area contributed by atoms with E-state index in [9.17, 15) is 4.79 Å². The minimum atomic E-state index is -0.316. The van der Waals surface area contributed by atoms with E-state index in [1.807, 2.05) is 17.0 Å². The monoisotopic (exact) mass is 401 g/mol. The summed E-state index contributed by atoms with van der Waals surface area (Å²) >= 11 is 18.0. The molecule has 1 amide bonds. The molecule has 4 nitrogen and oxygen atoms in total. The molecule has 1 atom stereocenters. The lowest BCUT2D eigenvalue weighted by molar-refractivity contribution is -0.119. The first kappa shape index (κ1) is 16.1. The molecule has 0 bridgehead atoms. The second kappa shape index (κ2) is 5.71. The standard InChI is InChI=1S/C19H13Cl2N3OS/c20-10-5-6-13(21)16(7-10)24-18(25)17-8-12-11-3-1-2-4-14(11)22-15(12)9-23(17)19(24)26/h1-7,17,22H,8-9H2/t17-/m0/s1. The number of fused-ring (bicyclic) bond motifs is 4. The summed E-state index contributed by atoms with van der Waals surface area (Å²) < 4.78 is 0. The maximum atomic E-state index is 13.2. The highest BCUT2D eigenvalue weighted by Crippen LogP contribution is 2.38. The summed E-state index contributed by atoms with van der Waals surface area (Å²) in [5, 5.41) is 2.60. The van der Waals surface area contributed by atoms with E-state index in [-0.39, 0.29) is 11.9 Å². The number of aromatic nitrogens is 1. The van der Waals surface area contributed by atoms with E-state index in [0.717, 1.165) is 11.2 Å². The van der Waals surface area contributed by atoms with Gasteiger partial charge in [-0.25, -0.2) is 0 Å². The highest BCUT2D eigenvalue weighted by atomic mass is 35.5. The third-order valence-electron chi connectivity index (χ3n) is 5.10. The van der Waals surface area contributed by atoms with Gasteiger partial charge in [0.25, 0.3) is 5.91 Å². The Labute approximate surface area is 165 Å². The number of amides is 1. The molecule has 2 aromatic carbocycles. The van der Waals surface area contributed by atoms with E-state index < -0.39 is 0 Å². The Bertz CT molecular complexity index is 1090. The van der Waals surface area contributed by atoms with Crippen molar-refractivity contribution in [3.63, 3.8) is 0 Å². The predicted molar refractivity (Wildman–Crippen MR) is 108 cm³/mol. The first-order valence-electron chi connectivity index (χ1n) is 8.22. The normalized spacial score (nSPS) is 19.2. The molecule has 2 aliphatic heterocycles. The summed E-state index contributed by atoms with van der Waals surface area (Å²) in [6.07, 6.45) is 0.618. The molecule has 1 N–H and O–H groups in total. The number of benzene rings is 2. The molecular weight excluding hydrogens is 389 g/mol. The Morgan fingerprint density at radius 1 is 1.15 bits per heavy atom. The molecular formula is C19H13Cl2N3OS. The van der Waals surface area contributed by atoms with E-state index in [1.165, 1.54) is 15.8 Å². The van der Waals surface area contributed by atoms with Crippen molar-refractivity contribution in [2.24, 2.45) is 0 Å². The van der Waals surface area contributed by atoms with Gasteiger partial charge in [-0.05, 0) is 42.0 Å². The number of anilines is 1. The van der Waals surface area contributed by atoms with Crippen LogP contribution < -0.4 is 4.90 Å². The summed E-state index contributed by atoms with van der Waals surface area (Å²) in [6, 6.07) is 12.9. The molecule has 130 valence electrons. The van der Waals surface area contributed by atoms with Crippen LogP contribution in [-0.4, -0.2) is 26.9 Å². The average Bonchev–Trinajstić information content (AvgIpc) is 3.11. The number of nitrogens with zero attached hydrogens (tertiary/aromatic N) is 2. The third-order valence-corrected chi connectivity index (χ3v) is 6.07. The fourth-order valence-electron chi connectivity index (χ4n) is 3.88. The minimum Gasteiger partial charge on any atom is -0.357 e. The maximum absolute atomic E-state index is 13.2. The average molecular weight is 402 g/mol. The van der Waals surface area contributed by atoms with Gasteiger partial charge in [0.2, 0.25) is 0 Å². The number of hydrogen-bond donors (Lipinski definition) is 1. The van der Waals surface area contributed by atoms with Crippen LogP contribution in [0.4, 0.5) is 5.69 Å². The molecule has 3 aromatic rings. The molecule has 1 aromatic heterocycles. The van der Waals surface area contributed by atoms with E-state index >= 15 is 0 Å². The van der Waals surface area contributed by atoms with Crippen LogP contribution in [0.25, 0.3) is 10.9 Å². The fraction of sp³-hybridized carbons (Fsp3) is 0.158. The van der Waals surface area contributed by atoms with Gasteiger partial charge in [0, 0.05) is 28.0 Å². The van der Waals surface area contributed by atoms with Gasteiger partial charge in [-0.2, -0.15) is 0 Å². The topological polar surface area (TPSA) is 39.3 Å². The highest BCUT2D eigenvalue weighted by molar-refractivity contribution is 7.80. The van der Waals surface area contributed by atoms with Gasteiger partial charge in [-0.3, -0.25) is 9.69 Å². The number of halogens is 2. The first-order valence-corrected chi connectivity index (χ1v) is 9.39. The first-order chi connectivity index (χ1) is 12.5. The van der Waals surface area contributed by atoms with Crippen molar-refractivity contribution in [2.75, 3.05) is 4.90 Å². The summed E-state index contributed by atoms with van der Waals surface area (Å²) in [5.74, 6) is -0.0601. The molecule has 7 heteroatoms. The SMILES string of the molecule is O=C1[C@@H]2Cc3c([nH]c4ccccc34)CN2C(=S)N1c1cc(Cl)ccc1Cl. The number of para-hydroxylation sites is 1. The fourth-order valence-corrected chi connectivity index (χ4v) is 4.63. The molecule has 1 saturated heterocycles. The number of carbonyl (C=O) groups is 1. The smallest absolute Gasteiger partial charge is 0.256 e. The van der Waals surface area contributed by atoms with E-state index in [2.05, 4.69) is 17.1 Å². The largest absolute Gasteiger partial charge is 0.357 e. The van der Waals surface area contributed by atoms with Crippen molar-refractivity contribution >= 4 is 63.0 Å². The molecule has 0 radical (unpaired) electrons. The van der Waals surface area contributed by atoms with E-state index in [1.54, 1.807) is 18.2 Å². The van der Waals surface area contributed by atoms with Crippen LogP contribution >= 0.6 is 35.4 Å². The van der Waals surface area contributed by atoms with Crippen molar-refractivity contribution in [2.45, 2.75) is 19.0 Å². The quantitative estimate of drug-likeness (QED) is 0.608. The Morgan fingerprint density at radius 3 is 2.81 bits per heavy atom. The number of H-pyrrole nitrogens is 1. The van der Waals surface area contributed by atoms with Gasteiger partial charge in [0.05, 0.1) is 17.3 Å². The Balaban J connectivity index is 1.58. The zero-order valence-electron chi connectivity index (χ0n) is 13.5. The number of thiocarbonyl (C=S) groups is 1. The second-order valence-corrected chi connectivity index (χ2v) is 7.74. The summed E-state index contributed by atoms with van der Waals surface area (Å²) in [4.78, 5) is 20.1. The van der Waals surface area contributed by atoms with Crippen LogP contribution in [0.1, 0.15) is 11.3 Å². The van der Waals surface area contributed by atoms with Crippen LogP contribution in [-0.2, 0) is 17.8 Å². The van der Waals surface area contributed by atoms with Crippen molar-refractivity contribution in [3.8, 4) is 0 Å². The van der Waals surface area contributed by atoms with Crippen LogP contribution in [0.3, 0.4) is 0 Å². The van der Waals surface area contributed by atoms with Crippen LogP contribution in [0.2, 0.25) is 10.0 Å². The van der Waals surface area contributed by atoms with E-state index in [4.69, 9.17) is 35.4 Å². The van der Waals surface area contributed by atoms with Gasteiger partial charge in [0.15, 0.2) is 5.11 Å². The van der Waals surface area contributed by atoms with Crippen molar-refractivity contribution in [1.29, 1.82) is 0 Å². The lowest BCUT2D eigenvalue weighted by atomic mass is 9.97. The zero-order chi connectivity index (χ0) is 18.0. The zero-order valence-corrected chi connectivity index (χ0v) is 15.8. The summed E-state index contributed by atoms with van der Waals surface area (Å²) in [7, 11) is 0. The molecule has 3 heterocycles. The van der Waals surface area contributed by atoms with Gasteiger partial charge in [-0.15, -0.1) is 0 Å². The summed E-state index contributed by atoms with van der Waals surface area (Å²) in [5.41, 5.74) is 3.93. The lowest BCUT2D eigenvalue weighted by Crippen LogP contribution is -2.39. The van der Waals surface area contributed by atoms with Crippen molar-refractivity contribution in [3.05, 3.63) is 63.8 Å². The number of nitrogens with one attached hydrogen (secondary N) is 1. The van der Waals surface area contributed by atoms with Gasteiger partial charge in [-0.1, -0.05) is 41.4 Å². The molecule has 0 spiro atoms. The van der Waals surface area contributed by atoms with Crippen LogP contribution in [0.15, 0.2) is 42.5 Å². The van der Waals surface area contributed by atoms with Gasteiger partial charge >= 0.3 is 0 Å². The molecule has 0 aliphatic carbocycles. The molecule has 0 saturated carbocycles. The number of carbonyl (C=O) groups excluding carboxylic acids is 1. The second-order valence-electron chi connectivity index (χ2n) is 6.53. The Morgan fingerprint density at radius 2 is 1.96 bits per heavy atom. The molecule has 26 heavy (non-hydrogen) atoms. The molecule has 1 fully saturated rings. The van der Waals surface area contributed by atoms with Crippen LogP contribution in [0, 0.1) is 0 Å². The van der Waals surface area contributed by atoms with E-state index in [0.29, 0.717) is 33.8 Å². The number of hydrogen-bond acceptors (Lipinski definition) is 2.